The fourth-order valence-corrected chi connectivity index (χ4v) is 12.8. The van der Waals surface area contributed by atoms with Crippen molar-refractivity contribution in [1.29, 1.82) is 0 Å². The van der Waals surface area contributed by atoms with Gasteiger partial charge in [-0.25, -0.2) is 0 Å². The van der Waals surface area contributed by atoms with Crippen LogP contribution in [0.3, 0.4) is 0 Å². The molecule has 5 nitrogen and oxygen atoms in total. The van der Waals surface area contributed by atoms with Gasteiger partial charge in [0.15, 0.2) is 0 Å². The lowest BCUT2D eigenvalue weighted by Crippen LogP contribution is -2.06. The van der Waals surface area contributed by atoms with Crippen LogP contribution in [-0.4, -0.2) is 22.8 Å². The summed E-state index contributed by atoms with van der Waals surface area (Å²) in [5.41, 5.74) is 16.8. The minimum absolute atomic E-state index is 0.458. The summed E-state index contributed by atoms with van der Waals surface area (Å²) in [5.74, 6) is 0. The number of allylic oxidation sites excluding steroid dienone is 7. The molecule has 0 saturated heterocycles. The van der Waals surface area contributed by atoms with Gasteiger partial charge in [0.25, 0.3) is 0 Å². The Kier molecular flexibility index (Phi) is 8.67. The molecule has 0 amide bonds. The number of aromatic nitrogens is 5. The van der Waals surface area contributed by atoms with Gasteiger partial charge in [0.2, 0.25) is 0 Å². The first kappa shape index (κ1) is 41.7. The van der Waals surface area contributed by atoms with Crippen LogP contribution in [0.15, 0.2) is 261 Å². The molecular weight excluding hydrogens is 911 g/mol. The first-order chi connectivity index (χ1) is 37.0. The molecule has 352 valence electrons. The summed E-state index contributed by atoms with van der Waals surface area (Å²) < 4.78 is 12.2. The molecule has 0 saturated carbocycles. The summed E-state index contributed by atoms with van der Waals surface area (Å²) in [6.07, 6.45) is 11.4. The van der Waals surface area contributed by atoms with Crippen molar-refractivity contribution in [2.24, 2.45) is 5.41 Å². The molecule has 0 spiro atoms. The summed E-state index contributed by atoms with van der Waals surface area (Å²) in [6, 6.07) is 82.6. The maximum absolute atomic E-state index is 4.43. The zero-order valence-electron chi connectivity index (χ0n) is 41.2. The van der Waals surface area contributed by atoms with Crippen molar-refractivity contribution in [2.45, 2.75) is 6.92 Å². The van der Waals surface area contributed by atoms with Crippen LogP contribution in [0.1, 0.15) is 6.92 Å². The first-order valence-corrected chi connectivity index (χ1v) is 25.9. The van der Waals surface area contributed by atoms with Crippen LogP contribution >= 0.6 is 0 Å². The highest BCUT2D eigenvalue weighted by atomic mass is 15.0. The Hall–Kier alpha value is -9.84. The number of fused-ring (bicyclic) bond motifs is 15. The van der Waals surface area contributed by atoms with E-state index in [0.717, 1.165) is 50.5 Å². The zero-order chi connectivity index (χ0) is 49.5. The number of para-hydroxylation sites is 7. The Labute approximate surface area is 431 Å². The Morgan fingerprint density at radius 3 is 0.907 bits per heavy atom. The van der Waals surface area contributed by atoms with Crippen molar-refractivity contribution in [2.75, 3.05) is 0 Å². The van der Waals surface area contributed by atoms with Crippen molar-refractivity contribution in [3.63, 3.8) is 0 Å². The Balaban J connectivity index is 0.947. The minimum Gasteiger partial charge on any atom is -0.309 e. The molecule has 5 aromatic heterocycles. The number of hydrogen-bond acceptors (Lipinski definition) is 0. The molecule has 5 heterocycles. The monoisotopic (exact) mass is 957 g/mol. The quantitative estimate of drug-likeness (QED) is 0.148. The van der Waals surface area contributed by atoms with Crippen LogP contribution in [0.5, 0.6) is 0 Å². The second kappa shape index (κ2) is 15.6. The fraction of sp³-hybridized carbons (Fsp3) is 0.0286. The van der Waals surface area contributed by atoms with Gasteiger partial charge in [0, 0.05) is 87.7 Å². The van der Waals surface area contributed by atoms with Gasteiger partial charge in [-0.1, -0.05) is 140 Å². The third kappa shape index (κ3) is 5.95. The van der Waals surface area contributed by atoms with E-state index < -0.39 is 5.41 Å². The average Bonchev–Trinajstić information content (AvgIpc) is 4.31. The second-order valence-corrected chi connectivity index (χ2v) is 20.4. The van der Waals surface area contributed by atoms with Gasteiger partial charge in [0.05, 0.1) is 55.2 Å². The molecule has 1 atom stereocenters. The number of hydrogen-bond donors (Lipinski definition) is 0. The highest BCUT2D eigenvalue weighted by molar-refractivity contribution is 6.17. The van der Waals surface area contributed by atoms with Crippen molar-refractivity contribution < 1.29 is 0 Å². The van der Waals surface area contributed by atoms with Gasteiger partial charge in [-0.05, 0) is 122 Å². The molecule has 0 N–H and O–H groups in total. The van der Waals surface area contributed by atoms with Crippen LogP contribution < -0.4 is 0 Å². The molecule has 0 aliphatic heterocycles. The molecule has 1 aliphatic rings. The normalized spacial score (nSPS) is 15.2. The van der Waals surface area contributed by atoms with Gasteiger partial charge < -0.3 is 22.8 Å². The van der Waals surface area contributed by atoms with Crippen LogP contribution in [0.4, 0.5) is 0 Å². The summed E-state index contributed by atoms with van der Waals surface area (Å²) in [4.78, 5) is 0. The molecular formula is C70H47N5. The fourth-order valence-electron chi connectivity index (χ4n) is 12.8. The van der Waals surface area contributed by atoms with E-state index in [-0.39, 0.29) is 0 Å². The number of benzene rings is 10. The summed E-state index contributed by atoms with van der Waals surface area (Å²) in [5, 5.41) is 12.3. The zero-order valence-corrected chi connectivity index (χ0v) is 41.2. The van der Waals surface area contributed by atoms with Crippen LogP contribution in [0.2, 0.25) is 0 Å². The van der Waals surface area contributed by atoms with Crippen molar-refractivity contribution in [1.82, 2.24) is 22.8 Å². The molecule has 5 heteroatoms. The summed E-state index contributed by atoms with van der Waals surface area (Å²) in [7, 11) is 0. The molecule has 1 unspecified atom stereocenters. The van der Waals surface area contributed by atoms with Gasteiger partial charge >= 0.3 is 0 Å². The van der Waals surface area contributed by atoms with E-state index in [9.17, 15) is 0 Å². The van der Waals surface area contributed by atoms with Gasteiger partial charge in [-0.2, -0.15) is 0 Å². The topological polar surface area (TPSA) is 24.6 Å². The van der Waals surface area contributed by atoms with Crippen molar-refractivity contribution >= 4 is 120 Å². The second-order valence-electron chi connectivity index (χ2n) is 20.4. The van der Waals surface area contributed by atoms with Crippen LogP contribution in [0, 0.1) is 5.41 Å². The predicted molar refractivity (Wildman–Crippen MR) is 318 cm³/mol. The Morgan fingerprint density at radius 2 is 0.573 bits per heavy atom. The van der Waals surface area contributed by atoms with Crippen molar-refractivity contribution in [3.8, 4) is 17.1 Å². The van der Waals surface area contributed by atoms with E-state index in [1.807, 2.05) is 0 Å². The average molecular weight is 958 g/mol. The van der Waals surface area contributed by atoms with Crippen LogP contribution in [0.25, 0.3) is 137 Å². The molecule has 15 aromatic rings. The van der Waals surface area contributed by atoms with E-state index >= 15 is 0 Å². The summed E-state index contributed by atoms with van der Waals surface area (Å²) >= 11 is 0. The minimum atomic E-state index is -0.458. The Morgan fingerprint density at radius 1 is 0.307 bits per heavy atom. The standard InChI is InChI=1S/C70H47N5/c1-3-70(2)39-38-48(40-49(44-70)75-66-31-17-10-24-56(66)57-41-45(32-35-67(57)75)71-60-25-11-4-18-50(60)51-19-5-12-26-61(51)71)74-68-36-33-46(72-62-27-13-6-20-52(62)53-21-7-14-28-63(53)72)42-58(68)59-43-47(34-37-69(59)74)73-64-29-15-8-22-54(64)55-23-9-16-30-65(55)73/h3-44H,1H2,2H3. The highest BCUT2D eigenvalue weighted by Gasteiger charge is 2.25. The maximum Gasteiger partial charge on any atom is 0.0542 e. The SMILES string of the molecule is C=CC1(C)C=CC(n2c3ccc(-n4c5ccccc5c5ccccc54)cc3c3cc(-n4c5ccccc5c5ccccc54)ccc32)=CC(n2c3ccccc3c3cc(-n4c5ccccc5c5ccccc54)ccc32)=C1. The van der Waals surface area contributed by atoms with E-state index in [0.29, 0.717) is 0 Å². The van der Waals surface area contributed by atoms with E-state index in [2.05, 4.69) is 291 Å². The molecule has 75 heavy (non-hydrogen) atoms. The van der Waals surface area contributed by atoms with Gasteiger partial charge in [-0.15, -0.1) is 6.58 Å². The smallest absolute Gasteiger partial charge is 0.0542 e. The number of rotatable bonds is 6. The maximum atomic E-state index is 4.43. The van der Waals surface area contributed by atoms with Crippen molar-refractivity contribution in [3.05, 3.63) is 261 Å². The predicted octanol–water partition coefficient (Wildman–Crippen LogP) is 18.3. The highest BCUT2D eigenvalue weighted by Crippen LogP contribution is 2.44. The lowest BCUT2D eigenvalue weighted by molar-refractivity contribution is 0.719. The molecule has 16 rings (SSSR count). The van der Waals surface area contributed by atoms with Crippen LogP contribution in [-0.2, 0) is 0 Å². The van der Waals surface area contributed by atoms with E-state index in [1.54, 1.807) is 0 Å². The van der Waals surface area contributed by atoms with E-state index in [4.69, 9.17) is 0 Å². The third-order valence-corrected chi connectivity index (χ3v) is 16.2. The molecule has 1 aliphatic carbocycles. The largest absolute Gasteiger partial charge is 0.309 e. The van der Waals surface area contributed by atoms with E-state index in [1.165, 1.54) is 87.0 Å². The molecule has 0 bridgehead atoms. The Bertz CT molecular complexity index is 4720. The first-order valence-electron chi connectivity index (χ1n) is 25.9. The number of nitrogens with zero attached hydrogens (tertiary/aromatic N) is 5. The molecule has 0 fully saturated rings. The lowest BCUT2D eigenvalue weighted by atomic mass is 9.90. The third-order valence-electron chi connectivity index (χ3n) is 16.2. The lowest BCUT2D eigenvalue weighted by Gasteiger charge is -2.18. The molecule has 10 aromatic carbocycles. The summed E-state index contributed by atoms with van der Waals surface area (Å²) in [6.45, 7) is 6.68. The van der Waals surface area contributed by atoms with Gasteiger partial charge in [-0.3, -0.25) is 0 Å². The molecule has 0 radical (unpaired) electrons. The van der Waals surface area contributed by atoms with Gasteiger partial charge in [0.1, 0.15) is 0 Å².